The maximum atomic E-state index is 12.0. The summed E-state index contributed by atoms with van der Waals surface area (Å²) in [7, 11) is 1.33. The van der Waals surface area contributed by atoms with Crippen molar-refractivity contribution in [1.29, 1.82) is 0 Å². The highest BCUT2D eigenvalue weighted by molar-refractivity contribution is 7.99. The minimum absolute atomic E-state index is 0.0520. The Hall–Kier alpha value is -1.69. The van der Waals surface area contributed by atoms with Crippen LogP contribution in [0, 0.1) is 0 Å². The summed E-state index contributed by atoms with van der Waals surface area (Å²) in [5, 5.41) is 2.82. The van der Waals surface area contributed by atoms with Gasteiger partial charge < -0.3 is 15.0 Å². The third-order valence-corrected chi connectivity index (χ3v) is 4.20. The van der Waals surface area contributed by atoms with Crippen molar-refractivity contribution in [3.8, 4) is 0 Å². The highest BCUT2D eigenvalue weighted by atomic mass is 32.2. The first kappa shape index (κ1) is 11.4. The molecule has 6 heteroatoms. The molecule has 1 N–H and O–H groups in total. The molecule has 0 spiro atoms. The van der Waals surface area contributed by atoms with Gasteiger partial charge in [-0.05, 0) is 12.1 Å². The number of ether oxygens (including phenoxy) is 1. The van der Waals surface area contributed by atoms with Crippen LogP contribution in [0.1, 0.15) is 10.4 Å². The van der Waals surface area contributed by atoms with E-state index >= 15 is 0 Å². The van der Waals surface area contributed by atoms with Crippen molar-refractivity contribution in [3.63, 3.8) is 0 Å². The van der Waals surface area contributed by atoms with Gasteiger partial charge in [0.2, 0.25) is 5.91 Å². The second-order valence-corrected chi connectivity index (χ2v) is 5.17. The van der Waals surface area contributed by atoms with Crippen molar-refractivity contribution in [2.45, 2.75) is 6.04 Å². The van der Waals surface area contributed by atoms with Gasteiger partial charge in [0, 0.05) is 5.75 Å². The molecule has 0 bridgehead atoms. The molecule has 0 radical (unpaired) electrons. The molecule has 1 unspecified atom stereocenters. The largest absolute Gasteiger partial charge is 0.465 e. The van der Waals surface area contributed by atoms with Crippen molar-refractivity contribution >= 4 is 35.0 Å². The number of rotatable bonds is 1. The minimum atomic E-state index is -0.433. The average Bonchev–Trinajstić information content (AvgIpc) is 2.87. The molecule has 3 rings (SSSR count). The molecule has 1 saturated heterocycles. The van der Waals surface area contributed by atoms with Crippen LogP contribution < -0.4 is 10.2 Å². The second-order valence-electron chi connectivity index (χ2n) is 4.17. The van der Waals surface area contributed by atoms with Gasteiger partial charge in [-0.3, -0.25) is 4.79 Å². The first-order chi connectivity index (χ1) is 8.72. The van der Waals surface area contributed by atoms with Crippen molar-refractivity contribution in [3.05, 3.63) is 23.8 Å². The van der Waals surface area contributed by atoms with E-state index in [-0.39, 0.29) is 11.9 Å². The topological polar surface area (TPSA) is 58.6 Å². The van der Waals surface area contributed by atoms with Crippen LogP contribution in [-0.2, 0) is 9.53 Å². The van der Waals surface area contributed by atoms with E-state index in [1.54, 1.807) is 17.8 Å². The van der Waals surface area contributed by atoms with E-state index in [0.29, 0.717) is 11.3 Å². The number of fused-ring (bicyclic) bond motifs is 3. The molecule has 94 valence electrons. The number of nitrogens with one attached hydrogen (secondary N) is 1. The molecular formula is C12H12N2O3S. The number of para-hydroxylation sites is 1. The Bertz CT molecular complexity index is 532. The highest BCUT2D eigenvalue weighted by Crippen LogP contribution is 2.39. The maximum absolute atomic E-state index is 12.0. The van der Waals surface area contributed by atoms with Gasteiger partial charge in [-0.15, -0.1) is 11.8 Å². The first-order valence-electron chi connectivity index (χ1n) is 5.59. The molecule has 2 aliphatic heterocycles. The molecule has 1 fully saturated rings. The number of anilines is 2. The van der Waals surface area contributed by atoms with Gasteiger partial charge in [0.05, 0.1) is 29.9 Å². The van der Waals surface area contributed by atoms with Crippen molar-refractivity contribution < 1.29 is 14.3 Å². The zero-order valence-corrected chi connectivity index (χ0v) is 10.6. The number of carbonyl (C=O) groups excluding carboxylic acids is 2. The van der Waals surface area contributed by atoms with Crippen LogP contribution in [-0.4, -0.2) is 36.7 Å². The summed E-state index contributed by atoms with van der Waals surface area (Å²) < 4.78 is 4.73. The van der Waals surface area contributed by atoms with Crippen molar-refractivity contribution in [1.82, 2.24) is 0 Å². The maximum Gasteiger partial charge on any atom is 0.340 e. The number of esters is 1. The number of methoxy groups -OCH3 is 1. The summed E-state index contributed by atoms with van der Waals surface area (Å²) >= 11 is 1.72. The molecule has 0 saturated carbocycles. The quantitative estimate of drug-likeness (QED) is 0.775. The summed E-state index contributed by atoms with van der Waals surface area (Å²) in [6.45, 7) is 0. The number of hydrogen-bond donors (Lipinski definition) is 1. The summed E-state index contributed by atoms with van der Waals surface area (Å²) in [5.74, 6) is 1.07. The predicted octanol–water partition coefficient (Wildman–Crippen LogP) is 1.30. The Kier molecular flexibility index (Phi) is 2.66. The van der Waals surface area contributed by atoms with Gasteiger partial charge in [0.15, 0.2) is 0 Å². The number of benzene rings is 1. The number of thioether (sulfide) groups is 1. The average molecular weight is 264 g/mol. The summed E-state index contributed by atoms with van der Waals surface area (Å²) in [6.07, 6.45) is 0. The Balaban J connectivity index is 2.12. The van der Waals surface area contributed by atoms with Crippen LogP contribution >= 0.6 is 11.8 Å². The van der Waals surface area contributed by atoms with Gasteiger partial charge in [0.1, 0.15) is 6.04 Å². The fraction of sp³-hybridized carbons (Fsp3) is 0.333. The molecule has 5 nitrogen and oxygen atoms in total. The van der Waals surface area contributed by atoms with Crippen molar-refractivity contribution in [2.24, 2.45) is 0 Å². The molecule has 0 aromatic heterocycles. The lowest BCUT2D eigenvalue weighted by atomic mass is 10.1. The SMILES string of the molecule is COC(=O)c1cccc2c1NC(=O)C1CSCN21. The van der Waals surface area contributed by atoms with Crippen LogP contribution in [0.25, 0.3) is 0 Å². The smallest absolute Gasteiger partial charge is 0.340 e. The fourth-order valence-corrected chi connectivity index (χ4v) is 3.47. The zero-order valence-electron chi connectivity index (χ0n) is 9.80. The van der Waals surface area contributed by atoms with Crippen LogP contribution in [0.5, 0.6) is 0 Å². The number of carbonyl (C=O) groups is 2. The number of hydrogen-bond acceptors (Lipinski definition) is 5. The molecule has 1 aromatic rings. The van der Waals surface area contributed by atoms with Crippen LogP contribution in [0.3, 0.4) is 0 Å². The first-order valence-corrected chi connectivity index (χ1v) is 6.74. The van der Waals surface area contributed by atoms with Crippen molar-refractivity contribution in [2.75, 3.05) is 29.0 Å². The predicted molar refractivity (Wildman–Crippen MR) is 70.0 cm³/mol. The zero-order chi connectivity index (χ0) is 12.7. The number of amides is 1. The third-order valence-electron chi connectivity index (χ3n) is 3.19. The van der Waals surface area contributed by atoms with Crippen LogP contribution in [0.2, 0.25) is 0 Å². The lowest BCUT2D eigenvalue weighted by molar-refractivity contribution is -0.117. The number of nitrogens with zero attached hydrogens (tertiary/aromatic N) is 1. The van der Waals surface area contributed by atoms with E-state index in [1.165, 1.54) is 7.11 Å². The third kappa shape index (κ3) is 1.56. The summed E-state index contributed by atoms with van der Waals surface area (Å²) in [4.78, 5) is 25.7. The Morgan fingerprint density at radius 2 is 2.39 bits per heavy atom. The molecule has 0 aliphatic carbocycles. The summed E-state index contributed by atoms with van der Waals surface area (Å²) in [6, 6.07) is 5.26. The van der Waals surface area contributed by atoms with E-state index in [1.807, 2.05) is 17.0 Å². The normalized spacial score (nSPS) is 21.1. The summed E-state index contributed by atoms with van der Waals surface area (Å²) in [5.41, 5.74) is 1.86. The van der Waals surface area contributed by atoms with E-state index in [0.717, 1.165) is 17.3 Å². The van der Waals surface area contributed by atoms with E-state index in [9.17, 15) is 9.59 Å². The molecule has 1 atom stereocenters. The highest BCUT2D eigenvalue weighted by Gasteiger charge is 2.38. The van der Waals surface area contributed by atoms with Gasteiger partial charge in [0.25, 0.3) is 0 Å². The van der Waals surface area contributed by atoms with Gasteiger partial charge >= 0.3 is 5.97 Å². The molecule has 2 aliphatic rings. The fourth-order valence-electron chi connectivity index (χ4n) is 2.29. The molecule has 1 amide bonds. The van der Waals surface area contributed by atoms with Gasteiger partial charge in [-0.25, -0.2) is 4.79 Å². The Morgan fingerprint density at radius 1 is 1.56 bits per heavy atom. The standard InChI is InChI=1S/C12H12N2O3S/c1-17-12(16)7-3-2-4-8-10(7)13-11(15)9-5-18-6-14(8)9/h2-4,9H,5-6H2,1H3,(H,13,15). The second kappa shape index (κ2) is 4.20. The molecular weight excluding hydrogens is 252 g/mol. The van der Waals surface area contributed by atoms with E-state index < -0.39 is 5.97 Å². The Morgan fingerprint density at radius 3 is 3.17 bits per heavy atom. The van der Waals surface area contributed by atoms with E-state index in [4.69, 9.17) is 4.74 Å². The Labute approximate surface area is 108 Å². The van der Waals surface area contributed by atoms with Crippen LogP contribution in [0.15, 0.2) is 18.2 Å². The van der Waals surface area contributed by atoms with Crippen LogP contribution in [0.4, 0.5) is 11.4 Å². The minimum Gasteiger partial charge on any atom is -0.465 e. The van der Waals surface area contributed by atoms with E-state index in [2.05, 4.69) is 5.32 Å². The lowest BCUT2D eigenvalue weighted by Crippen LogP contribution is -2.45. The van der Waals surface area contributed by atoms with Gasteiger partial charge in [-0.1, -0.05) is 6.07 Å². The van der Waals surface area contributed by atoms with Gasteiger partial charge in [-0.2, -0.15) is 0 Å². The lowest BCUT2D eigenvalue weighted by Gasteiger charge is -2.32. The monoisotopic (exact) mass is 264 g/mol. The molecule has 18 heavy (non-hydrogen) atoms. The molecule has 2 heterocycles. The molecule has 1 aromatic carbocycles.